The second-order valence-electron chi connectivity index (χ2n) is 7.06. The van der Waals surface area contributed by atoms with E-state index in [1.54, 1.807) is 14.0 Å². The van der Waals surface area contributed by atoms with E-state index in [0.29, 0.717) is 31.4 Å². The first-order chi connectivity index (χ1) is 13.4. The fourth-order valence-corrected chi connectivity index (χ4v) is 3.90. The van der Waals surface area contributed by atoms with Crippen molar-refractivity contribution in [3.8, 4) is 11.8 Å². The zero-order valence-corrected chi connectivity index (χ0v) is 16.6. The lowest BCUT2D eigenvalue weighted by Gasteiger charge is -2.37. The molecule has 1 fully saturated rings. The zero-order valence-electron chi connectivity index (χ0n) is 16.6. The fourth-order valence-electron chi connectivity index (χ4n) is 3.90. The van der Waals surface area contributed by atoms with Crippen molar-refractivity contribution >= 4 is 5.97 Å². The van der Waals surface area contributed by atoms with Gasteiger partial charge >= 0.3 is 17.2 Å². The highest BCUT2D eigenvalue weighted by molar-refractivity contribution is 5.66. The molecular weight excluding hydrogens is 356 g/mol. The molecule has 1 aliphatic carbocycles. The molecule has 0 aromatic heterocycles. The summed E-state index contributed by atoms with van der Waals surface area (Å²) < 4.78 is 10.8. The number of aliphatic hydroxyl groups excluding tert-OH is 1. The molecule has 0 saturated heterocycles. The van der Waals surface area contributed by atoms with Gasteiger partial charge in [-0.1, -0.05) is 12.1 Å². The summed E-state index contributed by atoms with van der Waals surface area (Å²) in [6.07, 6.45) is 0.668. The van der Waals surface area contributed by atoms with Crippen molar-refractivity contribution in [2.24, 2.45) is 5.92 Å². The van der Waals surface area contributed by atoms with Crippen LogP contribution >= 0.6 is 0 Å². The SMILES string of the molecule is [C-]#[N+]C(Cc1ccc(OC)cc1)(C(=C)[N+]#CC)C1CC(O)CCC1OC(C)=O. The molecule has 0 radical (unpaired) electrons. The molecule has 0 amide bonds. The van der Waals surface area contributed by atoms with Crippen molar-refractivity contribution < 1.29 is 19.4 Å². The third kappa shape index (κ3) is 4.71. The molecule has 0 bridgehead atoms. The number of ether oxygens (including phenoxy) is 2. The van der Waals surface area contributed by atoms with Gasteiger partial charge in [0.1, 0.15) is 11.9 Å². The van der Waals surface area contributed by atoms with E-state index in [1.807, 2.05) is 24.3 Å². The van der Waals surface area contributed by atoms with E-state index >= 15 is 0 Å². The molecule has 28 heavy (non-hydrogen) atoms. The van der Waals surface area contributed by atoms with E-state index in [9.17, 15) is 9.90 Å². The minimum Gasteiger partial charge on any atom is -0.497 e. The molecule has 4 unspecified atom stereocenters. The summed E-state index contributed by atoms with van der Waals surface area (Å²) in [6.45, 7) is 15.1. The molecule has 1 aliphatic rings. The van der Waals surface area contributed by atoms with Crippen LogP contribution in [0.1, 0.15) is 38.7 Å². The topological polar surface area (TPSA) is 64.5 Å². The average molecular weight is 383 g/mol. The van der Waals surface area contributed by atoms with Gasteiger partial charge in [-0.3, -0.25) is 9.64 Å². The van der Waals surface area contributed by atoms with Crippen molar-refractivity contribution in [2.45, 2.75) is 57.3 Å². The molecular formula is C22H27N2O4+. The first kappa shape index (κ1) is 21.5. The van der Waals surface area contributed by atoms with Crippen LogP contribution in [0.15, 0.2) is 36.5 Å². The number of esters is 1. The van der Waals surface area contributed by atoms with E-state index < -0.39 is 29.6 Å². The minimum atomic E-state index is -1.15. The third-order valence-electron chi connectivity index (χ3n) is 5.27. The van der Waals surface area contributed by atoms with Gasteiger partial charge in [-0.05, 0) is 48.4 Å². The van der Waals surface area contributed by atoms with Crippen molar-refractivity contribution in [3.05, 3.63) is 58.4 Å². The Hall–Kier alpha value is -2.83. The van der Waals surface area contributed by atoms with Crippen LogP contribution in [0.2, 0.25) is 0 Å². The van der Waals surface area contributed by atoms with E-state index in [2.05, 4.69) is 22.3 Å². The molecule has 0 spiro atoms. The van der Waals surface area contributed by atoms with Crippen LogP contribution in [0, 0.1) is 18.6 Å². The third-order valence-corrected chi connectivity index (χ3v) is 5.27. The highest BCUT2D eigenvalue weighted by Gasteiger charge is 2.60. The molecule has 0 aliphatic heterocycles. The normalized spacial score (nSPS) is 23.3. The van der Waals surface area contributed by atoms with Crippen LogP contribution in [0.3, 0.4) is 0 Å². The summed E-state index contributed by atoms with van der Waals surface area (Å²) >= 11 is 0. The minimum absolute atomic E-state index is 0.333. The Morgan fingerprint density at radius 2 is 2.07 bits per heavy atom. The largest absolute Gasteiger partial charge is 0.497 e. The molecule has 1 aromatic rings. The van der Waals surface area contributed by atoms with Gasteiger partial charge in [0, 0.05) is 6.92 Å². The lowest BCUT2D eigenvalue weighted by molar-refractivity contribution is -0.154. The van der Waals surface area contributed by atoms with Crippen molar-refractivity contribution in [2.75, 3.05) is 7.11 Å². The second-order valence-corrected chi connectivity index (χ2v) is 7.06. The van der Waals surface area contributed by atoms with Gasteiger partial charge < -0.3 is 14.6 Å². The second kappa shape index (κ2) is 9.39. The maximum Gasteiger partial charge on any atom is 0.394 e. The van der Waals surface area contributed by atoms with Gasteiger partial charge in [0.2, 0.25) is 0 Å². The molecule has 6 heteroatoms. The Balaban J connectivity index is 2.50. The lowest BCUT2D eigenvalue weighted by Crippen LogP contribution is -2.49. The van der Waals surface area contributed by atoms with E-state index in [1.165, 1.54) is 6.92 Å². The molecule has 6 nitrogen and oxygen atoms in total. The number of nitrogens with zero attached hydrogens (tertiary/aromatic N) is 2. The fraction of sp³-hybridized carbons (Fsp3) is 0.500. The molecule has 4 atom stereocenters. The summed E-state index contributed by atoms with van der Waals surface area (Å²) in [6, 6.07) is 10.2. The van der Waals surface area contributed by atoms with E-state index in [-0.39, 0.29) is 0 Å². The molecule has 148 valence electrons. The Morgan fingerprint density at radius 3 is 2.61 bits per heavy atom. The van der Waals surface area contributed by atoms with Crippen molar-refractivity contribution in [1.82, 2.24) is 0 Å². The molecule has 1 aromatic carbocycles. The summed E-state index contributed by atoms with van der Waals surface area (Å²) in [4.78, 5) is 19.8. The van der Waals surface area contributed by atoms with Crippen LogP contribution in [0.25, 0.3) is 9.69 Å². The van der Waals surface area contributed by atoms with Gasteiger partial charge in [0.15, 0.2) is 0 Å². The number of hydrogen-bond acceptors (Lipinski definition) is 4. The highest BCUT2D eigenvalue weighted by atomic mass is 16.5. The van der Waals surface area contributed by atoms with Crippen LogP contribution in [0.5, 0.6) is 5.75 Å². The van der Waals surface area contributed by atoms with Crippen LogP contribution < -0.4 is 4.74 Å². The molecule has 0 heterocycles. The molecule has 1 N–H and O–H groups in total. The van der Waals surface area contributed by atoms with Gasteiger partial charge in [-0.15, -0.1) is 0 Å². The van der Waals surface area contributed by atoms with Crippen LogP contribution in [-0.4, -0.2) is 35.9 Å². The highest BCUT2D eigenvalue weighted by Crippen LogP contribution is 2.44. The van der Waals surface area contributed by atoms with Gasteiger partial charge in [0.05, 0.1) is 32.5 Å². The van der Waals surface area contributed by atoms with E-state index in [4.69, 9.17) is 16.0 Å². The Morgan fingerprint density at radius 1 is 1.39 bits per heavy atom. The Kier molecular flexibility index (Phi) is 7.20. The first-order valence-corrected chi connectivity index (χ1v) is 9.30. The number of carbonyl (C=O) groups is 1. The number of benzene rings is 1. The number of methoxy groups -OCH3 is 1. The predicted octanol–water partition coefficient (Wildman–Crippen LogP) is 3.85. The summed E-state index contributed by atoms with van der Waals surface area (Å²) in [5.74, 6) is -0.1000. The monoisotopic (exact) mass is 383 g/mol. The van der Waals surface area contributed by atoms with Crippen LogP contribution in [0.4, 0.5) is 0 Å². The Labute approximate surface area is 166 Å². The quantitative estimate of drug-likeness (QED) is 0.599. The molecule has 2 rings (SSSR count). The first-order valence-electron chi connectivity index (χ1n) is 9.30. The van der Waals surface area contributed by atoms with Gasteiger partial charge in [0.25, 0.3) is 6.07 Å². The van der Waals surface area contributed by atoms with Gasteiger partial charge in [-0.2, -0.15) is 0 Å². The number of aliphatic hydroxyl groups is 1. The van der Waals surface area contributed by atoms with Gasteiger partial charge in [-0.25, -0.2) is 6.57 Å². The van der Waals surface area contributed by atoms with Crippen LogP contribution in [-0.2, 0) is 16.0 Å². The summed E-state index contributed by atoms with van der Waals surface area (Å²) in [7, 11) is 1.60. The summed E-state index contributed by atoms with van der Waals surface area (Å²) in [5.41, 5.74) is 0.113. The predicted molar refractivity (Wildman–Crippen MR) is 107 cm³/mol. The van der Waals surface area contributed by atoms with E-state index in [0.717, 1.165) is 11.3 Å². The zero-order chi connectivity index (χ0) is 20.7. The number of rotatable bonds is 6. The molecule has 1 saturated carbocycles. The lowest BCUT2D eigenvalue weighted by atomic mass is 9.68. The average Bonchev–Trinajstić information content (AvgIpc) is 2.68. The maximum absolute atomic E-state index is 11.6. The number of carbonyl (C=O) groups excluding carboxylic acids is 1. The van der Waals surface area contributed by atoms with Crippen molar-refractivity contribution in [1.29, 1.82) is 0 Å². The summed E-state index contributed by atoms with van der Waals surface area (Å²) in [5, 5.41) is 10.3. The Bertz CT molecular complexity index is 816. The van der Waals surface area contributed by atoms with Crippen molar-refractivity contribution in [3.63, 3.8) is 0 Å². The maximum atomic E-state index is 11.6. The number of hydrogen-bond donors (Lipinski definition) is 1. The smallest absolute Gasteiger partial charge is 0.394 e. The standard InChI is InChI=1S/C22H27N2O4/c1-6-24-15(2)22(23-4,14-17-7-10-19(27-5)11-8-17)20-13-18(26)9-12-21(20)28-16(3)25/h7-8,10-11,18,20-21,26H,2,9,12-14H2,1,3,5H3/q+1.